The Morgan fingerprint density at radius 1 is 1.39 bits per heavy atom. The highest BCUT2D eigenvalue weighted by Gasteiger charge is 2.21. The maximum atomic E-state index is 12.3. The van der Waals surface area contributed by atoms with Gasteiger partial charge >= 0.3 is 5.97 Å². The second kappa shape index (κ2) is 8.17. The quantitative estimate of drug-likeness (QED) is 0.590. The monoisotopic (exact) mass is 383 g/mol. The number of anilines is 1. The molecule has 0 fully saturated rings. The van der Waals surface area contributed by atoms with Crippen LogP contribution in [-0.4, -0.2) is 43.3 Å². The molecule has 3 rings (SSSR count). The van der Waals surface area contributed by atoms with E-state index in [-0.39, 0.29) is 6.54 Å². The van der Waals surface area contributed by atoms with Gasteiger partial charge in [0.1, 0.15) is 30.5 Å². The van der Waals surface area contributed by atoms with Gasteiger partial charge in [-0.1, -0.05) is 0 Å². The van der Waals surface area contributed by atoms with Gasteiger partial charge in [-0.3, -0.25) is 9.59 Å². The van der Waals surface area contributed by atoms with Gasteiger partial charge < -0.3 is 19.0 Å². The number of hydrogen-bond acceptors (Lipinski definition) is 8. The van der Waals surface area contributed by atoms with Crippen LogP contribution in [0.15, 0.2) is 29.1 Å². The number of esters is 1. The number of furan rings is 1. The van der Waals surface area contributed by atoms with E-state index in [1.807, 2.05) is 6.92 Å². The number of hydrogen-bond donors (Lipinski definition) is 1. The third-order valence-corrected chi connectivity index (χ3v) is 4.14. The minimum Gasteiger partial charge on any atom is -0.467 e. The molecule has 0 aromatic carbocycles. The number of amides is 1. The van der Waals surface area contributed by atoms with Gasteiger partial charge in [-0.2, -0.15) is 5.26 Å². The molecule has 144 valence electrons. The molecular weight excluding hydrogens is 366 g/mol. The lowest BCUT2D eigenvalue weighted by molar-refractivity contribution is -0.148. The van der Waals surface area contributed by atoms with Crippen molar-refractivity contribution < 1.29 is 18.7 Å². The summed E-state index contributed by atoms with van der Waals surface area (Å²) in [5.74, 6) is -0.234. The fourth-order valence-corrected chi connectivity index (χ4v) is 2.63. The lowest BCUT2D eigenvalue weighted by Crippen LogP contribution is -2.24. The van der Waals surface area contributed by atoms with Gasteiger partial charge in [-0.05, 0) is 42.0 Å². The lowest BCUT2D eigenvalue weighted by atomic mass is 10.2. The number of tetrazole rings is 1. The zero-order chi connectivity index (χ0) is 20.1. The van der Waals surface area contributed by atoms with Gasteiger partial charge in [0.15, 0.2) is 6.61 Å². The van der Waals surface area contributed by atoms with Crippen LogP contribution >= 0.6 is 0 Å². The highest BCUT2D eigenvalue weighted by atomic mass is 16.5. The Morgan fingerprint density at radius 3 is 2.86 bits per heavy atom. The number of aromatic nitrogens is 5. The SMILES string of the molecule is Cc1c(C#N)c(NC(=O)COC(=O)Cn2cnnn2)n(Cc2ccco2)c1C. The van der Waals surface area contributed by atoms with Gasteiger partial charge in [0.05, 0.1) is 18.4 Å². The van der Waals surface area contributed by atoms with E-state index < -0.39 is 18.5 Å². The van der Waals surface area contributed by atoms with Crippen molar-refractivity contribution in [3.63, 3.8) is 0 Å². The minimum absolute atomic E-state index is 0.211. The summed E-state index contributed by atoms with van der Waals surface area (Å²) in [6.45, 7) is 3.28. The number of nitrogens with one attached hydrogen (secondary N) is 1. The standard InChI is InChI=1S/C17H17N7O4/c1-11-12(2)24(7-13-4-3-5-27-13)17(14(11)6-18)20-15(25)9-28-16(26)8-23-10-19-21-22-23/h3-5,10H,7-9H2,1-2H3,(H,20,25). The van der Waals surface area contributed by atoms with E-state index in [4.69, 9.17) is 9.15 Å². The van der Waals surface area contributed by atoms with Crippen molar-refractivity contribution in [3.05, 3.63) is 47.3 Å². The van der Waals surface area contributed by atoms with E-state index in [0.717, 1.165) is 11.3 Å². The summed E-state index contributed by atoms with van der Waals surface area (Å²) in [4.78, 5) is 24.0. The highest BCUT2D eigenvalue weighted by molar-refractivity contribution is 5.93. The summed E-state index contributed by atoms with van der Waals surface area (Å²) in [6, 6.07) is 5.66. The summed E-state index contributed by atoms with van der Waals surface area (Å²) >= 11 is 0. The second-order valence-electron chi connectivity index (χ2n) is 5.93. The van der Waals surface area contributed by atoms with Crippen molar-refractivity contribution >= 4 is 17.7 Å². The molecule has 0 aliphatic rings. The first kappa shape index (κ1) is 18.8. The molecule has 0 saturated carbocycles. The third kappa shape index (κ3) is 4.07. The van der Waals surface area contributed by atoms with Gasteiger partial charge in [0.25, 0.3) is 5.91 Å². The van der Waals surface area contributed by atoms with Crippen molar-refractivity contribution in [2.75, 3.05) is 11.9 Å². The number of carbonyl (C=O) groups is 2. The summed E-state index contributed by atoms with van der Waals surface area (Å²) in [5.41, 5.74) is 1.91. The van der Waals surface area contributed by atoms with Crippen LogP contribution in [0.1, 0.15) is 22.6 Å². The molecule has 11 nitrogen and oxygen atoms in total. The third-order valence-electron chi connectivity index (χ3n) is 4.14. The topological polar surface area (TPSA) is 141 Å². The number of nitrogens with zero attached hydrogens (tertiary/aromatic N) is 6. The van der Waals surface area contributed by atoms with Crippen molar-refractivity contribution in [3.8, 4) is 6.07 Å². The summed E-state index contributed by atoms with van der Waals surface area (Å²) in [5, 5.41) is 22.5. The molecule has 1 N–H and O–H groups in total. The fourth-order valence-electron chi connectivity index (χ4n) is 2.63. The summed E-state index contributed by atoms with van der Waals surface area (Å²) in [6.07, 6.45) is 2.81. The number of nitriles is 1. The molecule has 3 aromatic rings. The molecule has 0 aliphatic heterocycles. The molecule has 0 bridgehead atoms. The number of carbonyl (C=O) groups excluding carboxylic acids is 2. The average molecular weight is 383 g/mol. The van der Waals surface area contributed by atoms with Gasteiger partial charge in [0.2, 0.25) is 0 Å². The van der Waals surface area contributed by atoms with Gasteiger partial charge in [-0.25, -0.2) is 4.68 Å². The Kier molecular flexibility index (Phi) is 5.50. The van der Waals surface area contributed by atoms with E-state index in [1.165, 1.54) is 11.0 Å². The Bertz CT molecular complexity index is 1010. The van der Waals surface area contributed by atoms with Crippen molar-refractivity contribution in [1.82, 2.24) is 24.8 Å². The molecule has 0 saturated heterocycles. The van der Waals surface area contributed by atoms with E-state index in [0.29, 0.717) is 23.7 Å². The smallest absolute Gasteiger partial charge is 0.328 e. The predicted octanol–water partition coefficient (Wildman–Crippen LogP) is 0.786. The van der Waals surface area contributed by atoms with E-state index in [2.05, 4.69) is 26.9 Å². The molecule has 3 heterocycles. The Balaban J connectivity index is 1.70. The zero-order valence-electron chi connectivity index (χ0n) is 15.2. The average Bonchev–Trinajstić information content (AvgIpc) is 3.40. The van der Waals surface area contributed by atoms with Gasteiger partial charge in [-0.15, -0.1) is 5.10 Å². The highest BCUT2D eigenvalue weighted by Crippen LogP contribution is 2.27. The van der Waals surface area contributed by atoms with Crippen LogP contribution in [0.2, 0.25) is 0 Å². The van der Waals surface area contributed by atoms with Crippen molar-refractivity contribution in [2.24, 2.45) is 0 Å². The van der Waals surface area contributed by atoms with Crippen molar-refractivity contribution in [2.45, 2.75) is 26.9 Å². The Morgan fingerprint density at radius 2 is 2.21 bits per heavy atom. The first-order chi connectivity index (χ1) is 13.5. The Labute approximate surface area is 159 Å². The van der Waals surface area contributed by atoms with Crippen LogP contribution in [0.3, 0.4) is 0 Å². The molecule has 0 aliphatic carbocycles. The normalized spacial score (nSPS) is 10.5. The first-order valence-corrected chi connectivity index (χ1v) is 8.28. The fraction of sp³-hybridized carbons (Fsp3) is 0.294. The van der Waals surface area contributed by atoms with E-state index in [1.54, 1.807) is 29.9 Å². The van der Waals surface area contributed by atoms with Crippen LogP contribution in [0, 0.1) is 25.2 Å². The first-order valence-electron chi connectivity index (χ1n) is 8.28. The van der Waals surface area contributed by atoms with Crippen molar-refractivity contribution in [1.29, 1.82) is 5.26 Å². The Hall–Kier alpha value is -3.94. The molecular formula is C17H17N7O4. The molecule has 0 spiro atoms. The van der Waals surface area contributed by atoms with E-state index >= 15 is 0 Å². The predicted molar refractivity (Wildman–Crippen MR) is 93.8 cm³/mol. The number of rotatable bonds is 7. The van der Waals surface area contributed by atoms with Crippen LogP contribution in [0.4, 0.5) is 5.82 Å². The van der Waals surface area contributed by atoms with Crippen LogP contribution < -0.4 is 5.32 Å². The summed E-state index contributed by atoms with van der Waals surface area (Å²) in [7, 11) is 0. The maximum absolute atomic E-state index is 12.3. The van der Waals surface area contributed by atoms with Crippen LogP contribution in [-0.2, 0) is 27.4 Å². The van der Waals surface area contributed by atoms with E-state index in [9.17, 15) is 14.9 Å². The lowest BCUT2D eigenvalue weighted by Gasteiger charge is -2.12. The molecule has 0 unspecified atom stereocenters. The second-order valence-corrected chi connectivity index (χ2v) is 5.93. The van der Waals surface area contributed by atoms with Gasteiger partial charge in [0, 0.05) is 5.69 Å². The molecule has 0 atom stereocenters. The molecule has 0 radical (unpaired) electrons. The zero-order valence-corrected chi connectivity index (χ0v) is 15.2. The maximum Gasteiger partial charge on any atom is 0.328 e. The molecule has 1 amide bonds. The largest absolute Gasteiger partial charge is 0.467 e. The molecule has 3 aromatic heterocycles. The minimum atomic E-state index is -0.665. The molecule has 11 heteroatoms. The molecule has 28 heavy (non-hydrogen) atoms. The van der Waals surface area contributed by atoms with Crippen LogP contribution in [0.5, 0.6) is 0 Å². The summed E-state index contributed by atoms with van der Waals surface area (Å²) < 4.78 is 13.2. The number of ether oxygens (including phenoxy) is 1. The van der Waals surface area contributed by atoms with Crippen LogP contribution in [0.25, 0.3) is 0 Å².